The second-order valence-electron chi connectivity index (χ2n) is 2.23. The molecule has 71 valence electrons. The van der Waals surface area contributed by atoms with Crippen molar-refractivity contribution in [1.82, 2.24) is 0 Å². The normalized spacial score (nSPS) is 12.6. The van der Waals surface area contributed by atoms with E-state index in [0.717, 1.165) is 0 Å². The Morgan fingerprint density at radius 3 is 2.83 bits per heavy atom. The molecule has 0 aromatic carbocycles. The molecular weight excluding hydrogens is 160 g/mol. The fourth-order valence-electron chi connectivity index (χ4n) is 0.684. The third-order valence-corrected chi connectivity index (χ3v) is 1.14. The molecule has 0 fully saturated rings. The van der Waals surface area contributed by atoms with Crippen molar-refractivity contribution in [2.75, 3.05) is 19.8 Å². The minimum Gasteiger partial charge on any atom is -0.466 e. The summed E-state index contributed by atoms with van der Waals surface area (Å²) < 4.78 is 9.62. The second-order valence-corrected chi connectivity index (χ2v) is 2.23. The average Bonchev–Trinajstić information content (AvgIpc) is 2.01. The van der Waals surface area contributed by atoms with Gasteiger partial charge in [0.1, 0.15) is 0 Å². The summed E-state index contributed by atoms with van der Waals surface area (Å²) in [5.74, 6) is -0.324. The maximum Gasteiger partial charge on any atom is 0.308 e. The zero-order valence-corrected chi connectivity index (χ0v) is 7.28. The highest BCUT2D eigenvalue weighted by molar-refractivity contribution is 5.70. The molecule has 4 heteroatoms. The van der Waals surface area contributed by atoms with E-state index in [1.165, 1.54) is 0 Å². The van der Waals surface area contributed by atoms with Crippen LogP contribution in [0.2, 0.25) is 0 Å². The molecular formula is C8H15O4. The van der Waals surface area contributed by atoms with Gasteiger partial charge in [0.05, 0.1) is 32.3 Å². The molecule has 12 heavy (non-hydrogen) atoms. The second kappa shape index (κ2) is 7.06. The van der Waals surface area contributed by atoms with E-state index in [9.17, 15) is 4.79 Å². The van der Waals surface area contributed by atoms with Crippen LogP contribution in [0.15, 0.2) is 0 Å². The summed E-state index contributed by atoms with van der Waals surface area (Å²) in [6, 6.07) is 0. The molecule has 0 amide bonds. The summed E-state index contributed by atoms with van der Waals surface area (Å²) in [7, 11) is 0. The lowest BCUT2D eigenvalue weighted by molar-refractivity contribution is -0.145. The van der Waals surface area contributed by atoms with Crippen LogP contribution in [0.3, 0.4) is 0 Å². The molecule has 0 aromatic rings. The predicted molar refractivity (Wildman–Crippen MR) is 43.4 cm³/mol. The number of rotatable bonds is 6. The van der Waals surface area contributed by atoms with Gasteiger partial charge >= 0.3 is 5.97 Å². The molecule has 4 nitrogen and oxygen atoms in total. The van der Waals surface area contributed by atoms with Crippen molar-refractivity contribution in [3.05, 3.63) is 6.92 Å². The van der Waals surface area contributed by atoms with Gasteiger partial charge in [-0.15, -0.1) is 0 Å². The van der Waals surface area contributed by atoms with Crippen LogP contribution >= 0.6 is 0 Å². The summed E-state index contributed by atoms with van der Waals surface area (Å²) in [5, 5.41) is 8.38. The quantitative estimate of drug-likeness (QED) is 0.584. The summed E-state index contributed by atoms with van der Waals surface area (Å²) in [5.41, 5.74) is 0. The van der Waals surface area contributed by atoms with E-state index >= 15 is 0 Å². The monoisotopic (exact) mass is 175 g/mol. The fraction of sp³-hybridized carbons (Fsp3) is 0.750. The van der Waals surface area contributed by atoms with E-state index < -0.39 is 6.10 Å². The van der Waals surface area contributed by atoms with Crippen LogP contribution in [0.1, 0.15) is 13.3 Å². The summed E-state index contributed by atoms with van der Waals surface area (Å²) in [6.07, 6.45) is -0.301. The number of hydrogen-bond acceptors (Lipinski definition) is 4. The molecule has 0 heterocycles. The van der Waals surface area contributed by atoms with Crippen LogP contribution in [-0.4, -0.2) is 37.0 Å². The minimum atomic E-state index is -0.434. The number of esters is 1. The highest BCUT2D eigenvalue weighted by Gasteiger charge is 2.09. The van der Waals surface area contributed by atoms with Crippen LogP contribution in [0.4, 0.5) is 0 Å². The number of ether oxygens (including phenoxy) is 2. The van der Waals surface area contributed by atoms with Gasteiger partial charge in [0.2, 0.25) is 0 Å². The van der Waals surface area contributed by atoms with E-state index in [0.29, 0.717) is 6.61 Å². The molecule has 0 rings (SSSR count). The molecule has 0 aliphatic rings. The Bertz CT molecular complexity index is 124. The van der Waals surface area contributed by atoms with Gasteiger partial charge in [-0.1, -0.05) is 0 Å². The molecule has 0 bridgehead atoms. The molecule has 1 atom stereocenters. The Morgan fingerprint density at radius 2 is 2.33 bits per heavy atom. The first-order chi connectivity index (χ1) is 5.70. The van der Waals surface area contributed by atoms with Crippen LogP contribution in [0.25, 0.3) is 0 Å². The Hall–Kier alpha value is -0.610. The molecule has 0 aliphatic carbocycles. The van der Waals surface area contributed by atoms with Crippen molar-refractivity contribution in [2.24, 2.45) is 0 Å². The van der Waals surface area contributed by atoms with Crippen LogP contribution in [0, 0.1) is 6.92 Å². The lowest BCUT2D eigenvalue weighted by Gasteiger charge is -2.10. The Morgan fingerprint density at radius 1 is 1.67 bits per heavy atom. The molecule has 1 unspecified atom stereocenters. The van der Waals surface area contributed by atoms with Gasteiger partial charge < -0.3 is 14.6 Å². The molecule has 0 aliphatic heterocycles. The van der Waals surface area contributed by atoms with E-state index in [2.05, 4.69) is 11.7 Å². The van der Waals surface area contributed by atoms with Gasteiger partial charge in [-0.25, -0.2) is 0 Å². The zero-order chi connectivity index (χ0) is 9.40. The van der Waals surface area contributed by atoms with Crippen molar-refractivity contribution in [3.8, 4) is 0 Å². The van der Waals surface area contributed by atoms with E-state index in [-0.39, 0.29) is 25.6 Å². The zero-order valence-electron chi connectivity index (χ0n) is 7.28. The summed E-state index contributed by atoms with van der Waals surface area (Å²) in [6.45, 7) is 5.81. The number of aliphatic hydroxyl groups is 1. The van der Waals surface area contributed by atoms with Gasteiger partial charge in [0.25, 0.3) is 0 Å². The lowest BCUT2D eigenvalue weighted by Crippen LogP contribution is -2.18. The van der Waals surface area contributed by atoms with E-state index in [4.69, 9.17) is 9.84 Å². The highest BCUT2D eigenvalue weighted by atomic mass is 16.5. The Kier molecular flexibility index (Phi) is 6.70. The van der Waals surface area contributed by atoms with Crippen molar-refractivity contribution in [1.29, 1.82) is 0 Å². The maximum atomic E-state index is 10.8. The molecule has 1 radical (unpaired) electrons. The number of aliphatic hydroxyl groups excluding tert-OH is 1. The number of hydrogen-bond donors (Lipinski definition) is 1. The molecule has 0 saturated heterocycles. The van der Waals surface area contributed by atoms with Gasteiger partial charge in [-0.05, 0) is 13.8 Å². The summed E-state index contributed by atoms with van der Waals surface area (Å²) in [4.78, 5) is 10.8. The topological polar surface area (TPSA) is 55.8 Å². The van der Waals surface area contributed by atoms with E-state index in [1.54, 1.807) is 6.92 Å². The van der Waals surface area contributed by atoms with E-state index in [1.807, 2.05) is 0 Å². The molecule has 0 saturated carbocycles. The third-order valence-electron chi connectivity index (χ3n) is 1.14. The van der Waals surface area contributed by atoms with Crippen LogP contribution < -0.4 is 0 Å². The molecule has 0 aromatic heterocycles. The van der Waals surface area contributed by atoms with Gasteiger partial charge in [0, 0.05) is 0 Å². The SMILES string of the molecule is [CH2]C(CC(=O)OCC)OCCO. The van der Waals surface area contributed by atoms with Gasteiger partial charge in [-0.2, -0.15) is 0 Å². The standard InChI is InChI=1S/C8H15O4/c1-3-11-8(10)6-7(2)12-5-4-9/h7,9H,2-6H2,1H3. The fourth-order valence-corrected chi connectivity index (χ4v) is 0.684. The number of carbonyl (C=O) groups excluding carboxylic acids is 1. The van der Waals surface area contributed by atoms with Crippen LogP contribution in [0.5, 0.6) is 0 Å². The largest absolute Gasteiger partial charge is 0.466 e. The number of carbonyl (C=O) groups is 1. The van der Waals surface area contributed by atoms with Crippen molar-refractivity contribution >= 4 is 5.97 Å². The van der Waals surface area contributed by atoms with Crippen molar-refractivity contribution in [2.45, 2.75) is 19.4 Å². The smallest absolute Gasteiger partial charge is 0.308 e. The first kappa shape index (κ1) is 11.4. The van der Waals surface area contributed by atoms with Crippen LogP contribution in [-0.2, 0) is 14.3 Å². The van der Waals surface area contributed by atoms with Gasteiger partial charge in [-0.3, -0.25) is 4.79 Å². The Balaban J connectivity index is 3.40. The molecule has 0 spiro atoms. The highest BCUT2D eigenvalue weighted by Crippen LogP contribution is 1.98. The predicted octanol–water partition coefficient (Wildman–Crippen LogP) is 0.151. The summed E-state index contributed by atoms with van der Waals surface area (Å²) >= 11 is 0. The van der Waals surface area contributed by atoms with Crippen molar-refractivity contribution < 1.29 is 19.4 Å². The van der Waals surface area contributed by atoms with Gasteiger partial charge in [0.15, 0.2) is 0 Å². The first-order valence-corrected chi connectivity index (χ1v) is 3.91. The Labute approximate surface area is 72.5 Å². The third kappa shape index (κ3) is 6.12. The minimum absolute atomic E-state index is 0.0607. The lowest BCUT2D eigenvalue weighted by atomic mass is 10.3. The maximum absolute atomic E-state index is 10.8. The van der Waals surface area contributed by atoms with Crippen molar-refractivity contribution in [3.63, 3.8) is 0 Å². The first-order valence-electron chi connectivity index (χ1n) is 3.91. The average molecular weight is 175 g/mol. The molecule has 1 N–H and O–H groups in total.